The van der Waals surface area contributed by atoms with Gasteiger partial charge in [0.05, 0.1) is 4.47 Å². The van der Waals surface area contributed by atoms with Crippen molar-refractivity contribution >= 4 is 55.3 Å². The van der Waals surface area contributed by atoms with Gasteiger partial charge in [0.1, 0.15) is 5.75 Å². The number of carbonyl (C=O) groups excluding carboxylic acids is 3. The number of benzene rings is 2. The Kier molecular flexibility index (Phi) is 6.69. The molecular weight excluding hydrogens is 494 g/mol. The van der Waals surface area contributed by atoms with Gasteiger partial charge in [0.25, 0.3) is 11.8 Å². The minimum atomic E-state index is -0.503. The maximum atomic E-state index is 12.1. The monoisotopic (exact) mass is 509 g/mol. The summed E-state index contributed by atoms with van der Waals surface area (Å²) in [7, 11) is 0. The van der Waals surface area contributed by atoms with Crippen LogP contribution < -0.4 is 20.9 Å². The van der Waals surface area contributed by atoms with Gasteiger partial charge in [-0.1, -0.05) is 15.9 Å². The lowest BCUT2D eigenvalue weighted by molar-refractivity contribution is -0.123. The third-order valence-corrected chi connectivity index (χ3v) is 5.04. The van der Waals surface area contributed by atoms with Gasteiger partial charge in [0, 0.05) is 21.6 Å². The Morgan fingerprint density at radius 2 is 1.71 bits per heavy atom. The molecule has 2 aromatic carbocycles. The van der Waals surface area contributed by atoms with Crippen LogP contribution in [0, 0.1) is 5.92 Å². The molecule has 7 nitrogen and oxygen atoms in total. The molecule has 1 aliphatic rings. The molecule has 0 heterocycles. The highest BCUT2D eigenvalue weighted by Crippen LogP contribution is 2.30. The van der Waals surface area contributed by atoms with Crippen LogP contribution in [0.25, 0.3) is 0 Å². The van der Waals surface area contributed by atoms with E-state index in [4.69, 9.17) is 4.74 Å². The molecule has 0 unspecified atom stereocenters. The van der Waals surface area contributed by atoms with Gasteiger partial charge >= 0.3 is 0 Å². The Morgan fingerprint density at radius 1 is 1.00 bits per heavy atom. The van der Waals surface area contributed by atoms with Gasteiger partial charge in [-0.25, -0.2) is 0 Å². The van der Waals surface area contributed by atoms with Gasteiger partial charge < -0.3 is 10.1 Å². The molecule has 3 rings (SSSR count). The fraction of sp³-hybridized carbons (Fsp3) is 0.211. The lowest BCUT2D eigenvalue weighted by atomic mass is 10.2. The summed E-state index contributed by atoms with van der Waals surface area (Å²) in [5.41, 5.74) is 5.60. The predicted octanol–water partition coefficient (Wildman–Crippen LogP) is 3.40. The van der Waals surface area contributed by atoms with E-state index in [2.05, 4.69) is 48.0 Å². The number of halogens is 2. The normalized spacial score (nSPS) is 12.8. The number of ether oxygens (including phenoxy) is 1. The first-order valence-electron chi connectivity index (χ1n) is 8.50. The first kappa shape index (κ1) is 20.3. The van der Waals surface area contributed by atoms with Crippen molar-refractivity contribution < 1.29 is 19.1 Å². The molecule has 1 fully saturated rings. The molecule has 3 N–H and O–H groups in total. The van der Waals surface area contributed by atoms with Crippen LogP contribution in [-0.4, -0.2) is 24.3 Å². The smallest absolute Gasteiger partial charge is 0.276 e. The van der Waals surface area contributed by atoms with E-state index in [1.807, 2.05) is 0 Å². The molecule has 1 saturated carbocycles. The summed E-state index contributed by atoms with van der Waals surface area (Å²) in [4.78, 5) is 35.7. The van der Waals surface area contributed by atoms with Crippen molar-refractivity contribution in [2.75, 3.05) is 11.9 Å². The van der Waals surface area contributed by atoms with E-state index < -0.39 is 11.8 Å². The van der Waals surface area contributed by atoms with Gasteiger partial charge in [0.15, 0.2) is 6.61 Å². The number of anilines is 1. The second-order valence-electron chi connectivity index (χ2n) is 6.21. The largest absolute Gasteiger partial charge is 0.483 e. The Labute approximate surface area is 178 Å². The lowest BCUT2D eigenvalue weighted by Gasteiger charge is -2.10. The maximum Gasteiger partial charge on any atom is 0.276 e. The van der Waals surface area contributed by atoms with Crippen LogP contribution in [0.4, 0.5) is 5.69 Å². The molecule has 1 aliphatic carbocycles. The van der Waals surface area contributed by atoms with Crippen LogP contribution in [0.2, 0.25) is 0 Å². The van der Waals surface area contributed by atoms with Crippen molar-refractivity contribution in [3.05, 3.63) is 57.0 Å². The Morgan fingerprint density at radius 3 is 2.36 bits per heavy atom. The van der Waals surface area contributed by atoms with Crippen LogP contribution in [0.15, 0.2) is 51.4 Å². The van der Waals surface area contributed by atoms with E-state index in [-0.39, 0.29) is 18.4 Å². The number of hydrogen-bond donors (Lipinski definition) is 3. The highest BCUT2D eigenvalue weighted by molar-refractivity contribution is 9.11. The number of hydrazine groups is 1. The quantitative estimate of drug-likeness (QED) is 0.519. The Hall–Kier alpha value is -2.39. The molecule has 0 aliphatic heterocycles. The summed E-state index contributed by atoms with van der Waals surface area (Å²) in [5, 5.41) is 2.80. The van der Waals surface area contributed by atoms with Crippen LogP contribution in [-0.2, 0) is 9.59 Å². The zero-order valence-corrected chi connectivity index (χ0v) is 17.8. The molecule has 146 valence electrons. The van der Waals surface area contributed by atoms with Crippen molar-refractivity contribution in [3.63, 3.8) is 0 Å². The van der Waals surface area contributed by atoms with Crippen molar-refractivity contribution in [1.82, 2.24) is 10.9 Å². The number of carbonyl (C=O) groups is 3. The molecule has 0 radical (unpaired) electrons. The van der Waals surface area contributed by atoms with Crippen molar-refractivity contribution in [1.29, 1.82) is 0 Å². The first-order valence-corrected chi connectivity index (χ1v) is 10.1. The molecule has 9 heteroatoms. The standard InChI is InChI=1S/C19H17Br2N3O4/c20-13-5-8-16(15(21)9-13)28-10-17(25)23-24-19(27)12-3-6-14(7-4-12)22-18(26)11-1-2-11/h3-9,11H,1-2,10H2,(H,22,26)(H,23,25)(H,24,27). The summed E-state index contributed by atoms with van der Waals surface area (Å²) >= 11 is 6.67. The fourth-order valence-corrected chi connectivity index (χ4v) is 3.43. The highest BCUT2D eigenvalue weighted by Gasteiger charge is 2.29. The molecule has 0 bridgehead atoms. The van der Waals surface area contributed by atoms with Gasteiger partial charge in [-0.2, -0.15) is 0 Å². The van der Waals surface area contributed by atoms with Crippen LogP contribution in [0.5, 0.6) is 5.75 Å². The fourth-order valence-electron chi connectivity index (χ4n) is 2.27. The van der Waals surface area contributed by atoms with E-state index in [1.54, 1.807) is 42.5 Å². The summed E-state index contributed by atoms with van der Waals surface area (Å²) in [6.07, 6.45) is 1.85. The molecule has 0 atom stereocenters. The Bertz CT molecular complexity index is 899. The average Bonchev–Trinajstić information content (AvgIpc) is 3.51. The second kappa shape index (κ2) is 9.20. The van der Waals surface area contributed by atoms with E-state index in [0.29, 0.717) is 21.5 Å². The minimum Gasteiger partial charge on any atom is -0.483 e. The summed E-state index contributed by atoms with van der Waals surface area (Å²) in [5.74, 6) is -0.358. The van der Waals surface area contributed by atoms with E-state index >= 15 is 0 Å². The lowest BCUT2D eigenvalue weighted by Crippen LogP contribution is -2.43. The zero-order chi connectivity index (χ0) is 20.1. The van der Waals surface area contributed by atoms with E-state index in [0.717, 1.165) is 17.3 Å². The minimum absolute atomic E-state index is 0.00174. The second-order valence-corrected chi connectivity index (χ2v) is 7.98. The van der Waals surface area contributed by atoms with Crippen molar-refractivity contribution in [2.24, 2.45) is 5.92 Å². The third-order valence-electron chi connectivity index (χ3n) is 3.93. The van der Waals surface area contributed by atoms with Crippen LogP contribution in [0.3, 0.4) is 0 Å². The van der Waals surface area contributed by atoms with Crippen LogP contribution in [0.1, 0.15) is 23.2 Å². The topological polar surface area (TPSA) is 96.5 Å². The summed E-state index contributed by atoms with van der Waals surface area (Å²) < 4.78 is 6.98. The third kappa shape index (κ3) is 5.80. The molecular formula is C19H17Br2N3O4. The molecule has 2 aromatic rings. The maximum absolute atomic E-state index is 12.1. The summed E-state index contributed by atoms with van der Waals surface area (Å²) in [6, 6.07) is 11.7. The number of rotatable bonds is 6. The van der Waals surface area contributed by atoms with E-state index in [9.17, 15) is 14.4 Å². The van der Waals surface area contributed by atoms with Crippen molar-refractivity contribution in [2.45, 2.75) is 12.8 Å². The van der Waals surface area contributed by atoms with Gasteiger partial charge in [-0.3, -0.25) is 25.2 Å². The zero-order valence-electron chi connectivity index (χ0n) is 14.6. The average molecular weight is 511 g/mol. The number of nitrogens with one attached hydrogen (secondary N) is 3. The van der Waals surface area contributed by atoms with Gasteiger partial charge in [-0.15, -0.1) is 0 Å². The van der Waals surface area contributed by atoms with Gasteiger partial charge in [0.2, 0.25) is 5.91 Å². The molecule has 0 aromatic heterocycles. The van der Waals surface area contributed by atoms with E-state index in [1.165, 1.54) is 0 Å². The predicted molar refractivity (Wildman–Crippen MR) is 111 cm³/mol. The molecule has 0 spiro atoms. The van der Waals surface area contributed by atoms with Crippen LogP contribution >= 0.6 is 31.9 Å². The van der Waals surface area contributed by atoms with Crippen molar-refractivity contribution in [3.8, 4) is 5.75 Å². The SMILES string of the molecule is O=C(COc1ccc(Br)cc1Br)NNC(=O)c1ccc(NC(=O)C2CC2)cc1. The molecule has 0 saturated heterocycles. The summed E-state index contributed by atoms with van der Waals surface area (Å²) in [6.45, 7) is -0.257. The Balaban J connectivity index is 1.43. The molecule has 28 heavy (non-hydrogen) atoms. The number of hydrogen-bond acceptors (Lipinski definition) is 4. The van der Waals surface area contributed by atoms with Gasteiger partial charge in [-0.05, 0) is 71.2 Å². The first-order chi connectivity index (χ1) is 13.4. The number of amides is 3. The highest BCUT2D eigenvalue weighted by atomic mass is 79.9. The molecule has 3 amide bonds.